The summed E-state index contributed by atoms with van der Waals surface area (Å²) in [5.41, 5.74) is 0. The zero-order valence-corrected chi connectivity index (χ0v) is 13.5. The Kier molecular flexibility index (Phi) is 10.3. The van der Waals surface area contributed by atoms with Crippen molar-refractivity contribution in [1.29, 1.82) is 0 Å². The van der Waals surface area contributed by atoms with Crippen LogP contribution in [0.1, 0.15) is 77.5 Å². The average Bonchev–Trinajstić information content (AvgIpc) is 2.89. The summed E-state index contributed by atoms with van der Waals surface area (Å²) >= 11 is 0. The van der Waals surface area contributed by atoms with Crippen molar-refractivity contribution < 1.29 is 0 Å². The maximum Gasteiger partial charge on any atom is 0.122 e. The van der Waals surface area contributed by atoms with E-state index in [0.717, 1.165) is 19.6 Å². The molecule has 0 aliphatic heterocycles. The summed E-state index contributed by atoms with van der Waals surface area (Å²) in [5.74, 6) is 1.17. The third kappa shape index (κ3) is 7.68. The molecule has 3 nitrogen and oxygen atoms in total. The normalized spacial score (nSPS) is 11.1. The number of aromatic nitrogens is 2. The maximum absolute atomic E-state index is 4.41. The molecule has 1 heterocycles. The highest BCUT2D eigenvalue weighted by molar-refractivity contribution is 4.91. The number of nitrogens with one attached hydrogen (secondary N) is 1. The van der Waals surface area contributed by atoms with Crippen molar-refractivity contribution in [1.82, 2.24) is 14.9 Å². The van der Waals surface area contributed by atoms with Crippen LogP contribution in [0.3, 0.4) is 0 Å². The summed E-state index contributed by atoms with van der Waals surface area (Å²) in [6.45, 7) is 7.58. The van der Waals surface area contributed by atoms with E-state index in [1.54, 1.807) is 0 Å². The number of aryl methyl sites for hydroxylation is 1. The second kappa shape index (κ2) is 12.0. The molecule has 116 valence electrons. The minimum Gasteiger partial charge on any atom is -0.334 e. The van der Waals surface area contributed by atoms with Crippen molar-refractivity contribution in [2.75, 3.05) is 6.54 Å². The standard InChI is InChI=1S/C17H33N3/c1-3-5-6-7-8-9-10-11-12-18-16-17-19-13-15-20(17)14-4-2/h13,15,18H,3-12,14,16H2,1-2H3. The molecule has 1 N–H and O–H groups in total. The van der Waals surface area contributed by atoms with Crippen LogP contribution in [0.4, 0.5) is 0 Å². The fourth-order valence-corrected chi connectivity index (χ4v) is 2.54. The first-order valence-electron chi connectivity index (χ1n) is 8.59. The van der Waals surface area contributed by atoms with Crippen molar-refractivity contribution in [2.24, 2.45) is 0 Å². The second-order valence-corrected chi connectivity index (χ2v) is 5.69. The van der Waals surface area contributed by atoms with Crippen LogP contribution in [-0.2, 0) is 13.1 Å². The Balaban J connectivity index is 1.93. The Morgan fingerprint density at radius 1 is 0.950 bits per heavy atom. The van der Waals surface area contributed by atoms with E-state index in [-0.39, 0.29) is 0 Å². The van der Waals surface area contributed by atoms with E-state index in [9.17, 15) is 0 Å². The zero-order chi connectivity index (χ0) is 14.5. The fraction of sp³-hybridized carbons (Fsp3) is 0.824. The molecular weight excluding hydrogens is 246 g/mol. The molecule has 0 aromatic carbocycles. The Labute approximate surface area is 125 Å². The summed E-state index contributed by atoms with van der Waals surface area (Å²) in [6, 6.07) is 0. The molecule has 0 saturated carbocycles. The Bertz CT molecular complexity index is 320. The van der Waals surface area contributed by atoms with Crippen molar-refractivity contribution in [3.05, 3.63) is 18.2 Å². The average molecular weight is 279 g/mol. The molecule has 0 radical (unpaired) electrons. The summed E-state index contributed by atoms with van der Waals surface area (Å²) in [4.78, 5) is 4.41. The van der Waals surface area contributed by atoms with Crippen molar-refractivity contribution in [3.8, 4) is 0 Å². The van der Waals surface area contributed by atoms with Crippen LogP contribution >= 0.6 is 0 Å². The van der Waals surface area contributed by atoms with E-state index in [2.05, 4.69) is 34.9 Å². The largest absolute Gasteiger partial charge is 0.334 e. The number of nitrogens with zero attached hydrogens (tertiary/aromatic N) is 2. The van der Waals surface area contributed by atoms with Crippen LogP contribution in [0.25, 0.3) is 0 Å². The first-order valence-corrected chi connectivity index (χ1v) is 8.59. The van der Waals surface area contributed by atoms with Gasteiger partial charge >= 0.3 is 0 Å². The van der Waals surface area contributed by atoms with Gasteiger partial charge in [-0.2, -0.15) is 0 Å². The van der Waals surface area contributed by atoms with Crippen LogP contribution in [-0.4, -0.2) is 16.1 Å². The molecule has 1 aromatic heterocycles. The molecule has 1 aromatic rings. The third-order valence-electron chi connectivity index (χ3n) is 3.76. The number of rotatable bonds is 13. The molecule has 0 bridgehead atoms. The van der Waals surface area contributed by atoms with E-state index in [1.807, 2.05) is 6.20 Å². The smallest absolute Gasteiger partial charge is 0.122 e. The van der Waals surface area contributed by atoms with Gasteiger partial charge in [-0.15, -0.1) is 0 Å². The molecule has 0 saturated heterocycles. The maximum atomic E-state index is 4.41. The Hall–Kier alpha value is -0.830. The highest BCUT2D eigenvalue weighted by Crippen LogP contribution is 2.08. The van der Waals surface area contributed by atoms with Crippen molar-refractivity contribution in [2.45, 2.75) is 84.7 Å². The SMILES string of the molecule is CCCCCCCCCCNCc1nccn1CCC. The topological polar surface area (TPSA) is 29.9 Å². The van der Waals surface area contributed by atoms with E-state index >= 15 is 0 Å². The van der Waals surface area contributed by atoms with Gasteiger partial charge in [0.1, 0.15) is 5.82 Å². The van der Waals surface area contributed by atoms with Gasteiger partial charge in [-0.1, -0.05) is 58.8 Å². The molecule has 0 atom stereocenters. The summed E-state index contributed by atoms with van der Waals surface area (Å²) in [7, 11) is 0. The van der Waals surface area contributed by atoms with Gasteiger partial charge in [-0.3, -0.25) is 0 Å². The first kappa shape index (κ1) is 17.2. The minimum absolute atomic E-state index is 0.906. The molecule has 0 unspecified atom stereocenters. The number of hydrogen-bond donors (Lipinski definition) is 1. The van der Waals surface area contributed by atoms with E-state index in [1.165, 1.54) is 63.6 Å². The highest BCUT2D eigenvalue weighted by atomic mass is 15.1. The predicted molar refractivity (Wildman–Crippen MR) is 86.8 cm³/mol. The van der Waals surface area contributed by atoms with E-state index in [4.69, 9.17) is 0 Å². The lowest BCUT2D eigenvalue weighted by Crippen LogP contribution is -2.18. The van der Waals surface area contributed by atoms with Gasteiger partial charge in [0.2, 0.25) is 0 Å². The van der Waals surface area contributed by atoms with Gasteiger partial charge in [-0.25, -0.2) is 4.98 Å². The van der Waals surface area contributed by atoms with Gasteiger partial charge in [0.05, 0.1) is 6.54 Å². The molecule has 1 rings (SSSR count). The highest BCUT2D eigenvalue weighted by Gasteiger charge is 2.00. The molecule has 0 aliphatic carbocycles. The summed E-state index contributed by atoms with van der Waals surface area (Å²) < 4.78 is 2.25. The molecule has 0 amide bonds. The quantitative estimate of drug-likeness (QED) is 0.538. The Morgan fingerprint density at radius 3 is 2.35 bits per heavy atom. The fourth-order valence-electron chi connectivity index (χ4n) is 2.54. The van der Waals surface area contributed by atoms with Crippen LogP contribution in [0, 0.1) is 0 Å². The van der Waals surface area contributed by atoms with Crippen molar-refractivity contribution >= 4 is 0 Å². The summed E-state index contributed by atoms with van der Waals surface area (Å²) in [6.07, 6.45) is 16.2. The molecule has 0 fully saturated rings. The van der Waals surface area contributed by atoms with Gasteiger partial charge in [-0.05, 0) is 19.4 Å². The molecule has 20 heavy (non-hydrogen) atoms. The molecular formula is C17H33N3. The van der Waals surface area contributed by atoms with Crippen LogP contribution in [0.5, 0.6) is 0 Å². The first-order chi connectivity index (χ1) is 9.88. The summed E-state index contributed by atoms with van der Waals surface area (Å²) in [5, 5.41) is 3.51. The van der Waals surface area contributed by atoms with Gasteiger partial charge in [0.25, 0.3) is 0 Å². The van der Waals surface area contributed by atoms with Crippen molar-refractivity contribution in [3.63, 3.8) is 0 Å². The predicted octanol–water partition coefficient (Wildman–Crippen LogP) is 4.52. The lowest BCUT2D eigenvalue weighted by molar-refractivity contribution is 0.540. The molecule has 0 spiro atoms. The second-order valence-electron chi connectivity index (χ2n) is 5.69. The van der Waals surface area contributed by atoms with E-state index < -0.39 is 0 Å². The molecule has 0 aliphatic rings. The number of imidazole rings is 1. The Morgan fingerprint density at radius 2 is 1.65 bits per heavy atom. The monoisotopic (exact) mass is 279 g/mol. The van der Waals surface area contributed by atoms with Crippen LogP contribution in [0.15, 0.2) is 12.4 Å². The lowest BCUT2D eigenvalue weighted by Gasteiger charge is -2.07. The number of unbranched alkanes of at least 4 members (excludes halogenated alkanes) is 7. The van der Waals surface area contributed by atoms with Gasteiger partial charge in [0.15, 0.2) is 0 Å². The minimum atomic E-state index is 0.906. The van der Waals surface area contributed by atoms with Gasteiger partial charge in [0, 0.05) is 18.9 Å². The number of hydrogen-bond acceptors (Lipinski definition) is 2. The molecule has 3 heteroatoms. The van der Waals surface area contributed by atoms with E-state index in [0.29, 0.717) is 0 Å². The van der Waals surface area contributed by atoms with Gasteiger partial charge < -0.3 is 9.88 Å². The lowest BCUT2D eigenvalue weighted by atomic mass is 10.1. The third-order valence-corrected chi connectivity index (χ3v) is 3.76. The van der Waals surface area contributed by atoms with Crippen LogP contribution < -0.4 is 5.32 Å². The van der Waals surface area contributed by atoms with Crippen LogP contribution in [0.2, 0.25) is 0 Å². The zero-order valence-electron chi connectivity index (χ0n) is 13.5.